The Balaban J connectivity index is 2.19. The van der Waals surface area contributed by atoms with E-state index in [4.69, 9.17) is 9.47 Å². The van der Waals surface area contributed by atoms with E-state index in [0.29, 0.717) is 23.8 Å². The first kappa shape index (κ1) is 15.3. The fourth-order valence-corrected chi connectivity index (χ4v) is 2.91. The number of hydrogen-bond donors (Lipinski definition) is 0. The number of piperidine rings is 1. The van der Waals surface area contributed by atoms with Crippen molar-refractivity contribution in [2.24, 2.45) is 5.92 Å². The van der Waals surface area contributed by atoms with Crippen molar-refractivity contribution < 1.29 is 14.3 Å². The minimum atomic E-state index is 0.0183. The van der Waals surface area contributed by atoms with Crippen molar-refractivity contribution in [3.05, 3.63) is 28.2 Å². The Labute approximate surface area is 128 Å². The van der Waals surface area contributed by atoms with Crippen LogP contribution in [0.25, 0.3) is 0 Å². The SMILES string of the molecule is COc1ccc(Br)c(C(=O)N2CCC(C)C(OC)C2)c1. The number of benzene rings is 1. The highest BCUT2D eigenvalue weighted by Gasteiger charge is 2.30. The summed E-state index contributed by atoms with van der Waals surface area (Å²) in [4.78, 5) is 14.5. The predicted octanol–water partition coefficient (Wildman–Crippen LogP) is 2.95. The summed E-state index contributed by atoms with van der Waals surface area (Å²) in [7, 11) is 3.30. The molecule has 1 amide bonds. The predicted molar refractivity (Wildman–Crippen MR) is 81.2 cm³/mol. The second-order valence-corrected chi connectivity index (χ2v) is 5.99. The van der Waals surface area contributed by atoms with Gasteiger partial charge in [0.25, 0.3) is 5.91 Å². The molecular weight excluding hydrogens is 322 g/mol. The zero-order valence-corrected chi connectivity index (χ0v) is 13.6. The third-order valence-corrected chi connectivity index (χ3v) is 4.57. The zero-order chi connectivity index (χ0) is 14.7. The maximum atomic E-state index is 12.6. The lowest BCUT2D eigenvalue weighted by Crippen LogP contribution is -2.46. The quantitative estimate of drug-likeness (QED) is 0.848. The largest absolute Gasteiger partial charge is 0.497 e. The van der Waals surface area contributed by atoms with Gasteiger partial charge in [-0.25, -0.2) is 0 Å². The van der Waals surface area contributed by atoms with E-state index < -0.39 is 0 Å². The topological polar surface area (TPSA) is 38.8 Å². The lowest BCUT2D eigenvalue weighted by atomic mass is 9.95. The van der Waals surface area contributed by atoms with Crippen LogP contribution in [0.3, 0.4) is 0 Å². The average molecular weight is 342 g/mol. The van der Waals surface area contributed by atoms with E-state index in [-0.39, 0.29) is 12.0 Å². The van der Waals surface area contributed by atoms with E-state index in [2.05, 4.69) is 22.9 Å². The number of carbonyl (C=O) groups is 1. The summed E-state index contributed by atoms with van der Waals surface area (Å²) in [6.07, 6.45) is 1.07. The number of rotatable bonds is 3. The monoisotopic (exact) mass is 341 g/mol. The first-order chi connectivity index (χ1) is 9.56. The van der Waals surface area contributed by atoms with Crippen molar-refractivity contribution >= 4 is 21.8 Å². The summed E-state index contributed by atoms with van der Waals surface area (Å²) in [6, 6.07) is 5.44. The molecule has 1 aromatic carbocycles. The van der Waals surface area contributed by atoms with Gasteiger partial charge in [-0.2, -0.15) is 0 Å². The molecule has 0 saturated carbocycles. The lowest BCUT2D eigenvalue weighted by molar-refractivity contribution is -0.00160. The van der Waals surface area contributed by atoms with Gasteiger partial charge in [0.2, 0.25) is 0 Å². The number of amides is 1. The summed E-state index contributed by atoms with van der Waals surface area (Å²) >= 11 is 3.44. The Kier molecular flexibility index (Phi) is 5.05. The third-order valence-electron chi connectivity index (χ3n) is 3.88. The van der Waals surface area contributed by atoms with Crippen LogP contribution in [0.15, 0.2) is 22.7 Å². The van der Waals surface area contributed by atoms with E-state index in [1.54, 1.807) is 20.3 Å². The Bertz CT molecular complexity index is 492. The molecule has 1 fully saturated rings. The molecule has 110 valence electrons. The van der Waals surface area contributed by atoms with Crippen LogP contribution in [0, 0.1) is 5.92 Å². The number of methoxy groups -OCH3 is 2. The average Bonchev–Trinajstić information content (AvgIpc) is 2.47. The number of nitrogens with zero attached hydrogens (tertiary/aromatic N) is 1. The molecule has 0 radical (unpaired) electrons. The molecular formula is C15H20BrNO3. The highest BCUT2D eigenvalue weighted by atomic mass is 79.9. The van der Waals surface area contributed by atoms with Crippen LogP contribution in [-0.2, 0) is 4.74 Å². The van der Waals surface area contributed by atoms with E-state index in [1.807, 2.05) is 17.0 Å². The second-order valence-electron chi connectivity index (χ2n) is 5.14. The van der Waals surface area contributed by atoms with Gasteiger partial charge >= 0.3 is 0 Å². The minimum absolute atomic E-state index is 0.0183. The first-order valence-electron chi connectivity index (χ1n) is 6.72. The Morgan fingerprint density at radius 1 is 1.40 bits per heavy atom. The number of halogens is 1. The van der Waals surface area contributed by atoms with Gasteiger partial charge in [0.15, 0.2) is 0 Å². The minimum Gasteiger partial charge on any atom is -0.497 e. The molecule has 0 aromatic heterocycles. The molecule has 0 spiro atoms. The molecule has 1 aliphatic heterocycles. The van der Waals surface area contributed by atoms with Crippen LogP contribution >= 0.6 is 15.9 Å². The number of carbonyl (C=O) groups excluding carboxylic acids is 1. The molecule has 2 rings (SSSR count). The second kappa shape index (κ2) is 6.59. The molecule has 5 heteroatoms. The van der Waals surface area contributed by atoms with Gasteiger partial charge in [0, 0.05) is 24.7 Å². The van der Waals surface area contributed by atoms with Crippen molar-refractivity contribution in [1.29, 1.82) is 0 Å². The molecule has 2 atom stereocenters. The van der Waals surface area contributed by atoms with E-state index >= 15 is 0 Å². The maximum Gasteiger partial charge on any atom is 0.255 e. The van der Waals surface area contributed by atoms with Crippen LogP contribution in [0.2, 0.25) is 0 Å². The van der Waals surface area contributed by atoms with Gasteiger partial charge < -0.3 is 14.4 Å². The van der Waals surface area contributed by atoms with Gasteiger partial charge in [-0.3, -0.25) is 4.79 Å². The van der Waals surface area contributed by atoms with E-state index in [1.165, 1.54) is 0 Å². The smallest absolute Gasteiger partial charge is 0.255 e. The highest BCUT2D eigenvalue weighted by molar-refractivity contribution is 9.10. The molecule has 1 heterocycles. The Hall–Kier alpha value is -1.07. The lowest BCUT2D eigenvalue weighted by Gasteiger charge is -2.36. The summed E-state index contributed by atoms with van der Waals surface area (Å²) < 4.78 is 11.4. The highest BCUT2D eigenvalue weighted by Crippen LogP contribution is 2.26. The van der Waals surface area contributed by atoms with Crippen molar-refractivity contribution in [2.75, 3.05) is 27.3 Å². The summed E-state index contributed by atoms with van der Waals surface area (Å²) in [5.41, 5.74) is 0.633. The molecule has 0 bridgehead atoms. The number of hydrogen-bond acceptors (Lipinski definition) is 3. The van der Waals surface area contributed by atoms with Crippen LogP contribution in [0.5, 0.6) is 5.75 Å². The van der Waals surface area contributed by atoms with Crippen LogP contribution in [0.4, 0.5) is 0 Å². The molecule has 0 aliphatic carbocycles. The summed E-state index contributed by atoms with van der Waals surface area (Å²) in [5, 5.41) is 0. The molecule has 1 aromatic rings. The number of likely N-dealkylation sites (tertiary alicyclic amines) is 1. The maximum absolute atomic E-state index is 12.6. The van der Waals surface area contributed by atoms with Crippen molar-refractivity contribution in [1.82, 2.24) is 4.90 Å². The summed E-state index contributed by atoms with van der Waals surface area (Å²) in [6.45, 7) is 3.57. The van der Waals surface area contributed by atoms with Gasteiger partial charge in [0.05, 0.1) is 18.8 Å². The van der Waals surface area contributed by atoms with E-state index in [0.717, 1.165) is 17.4 Å². The summed E-state index contributed by atoms with van der Waals surface area (Å²) in [5.74, 6) is 1.19. The van der Waals surface area contributed by atoms with E-state index in [9.17, 15) is 4.79 Å². The van der Waals surface area contributed by atoms with Crippen LogP contribution in [-0.4, -0.2) is 44.2 Å². The fourth-order valence-electron chi connectivity index (χ4n) is 2.49. The van der Waals surface area contributed by atoms with Gasteiger partial charge in [-0.05, 0) is 46.5 Å². The van der Waals surface area contributed by atoms with Gasteiger partial charge in [-0.1, -0.05) is 6.92 Å². The van der Waals surface area contributed by atoms with Crippen molar-refractivity contribution in [3.63, 3.8) is 0 Å². The number of ether oxygens (including phenoxy) is 2. The standard InChI is InChI=1S/C15H20BrNO3/c1-10-6-7-17(9-14(10)20-3)15(18)12-8-11(19-2)4-5-13(12)16/h4-5,8,10,14H,6-7,9H2,1-3H3. The third kappa shape index (κ3) is 3.15. The fraction of sp³-hybridized carbons (Fsp3) is 0.533. The Morgan fingerprint density at radius 2 is 2.15 bits per heavy atom. The van der Waals surface area contributed by atoms with Crippen LogP contribution < -0.4 is 4.74 Å². The molecule has 20 heavy (non-hydrogen) atoms. The Morgan fingerprint density at radius 3 is 2.80 bits per heavy atom. The first-order valence-corrected chi connectivity index (χ1v) is 7.51. The van der Waals surface area contributed by atoms with Crippen molar-refractivity contribution in [2.45, 2.75) is 19.4 Å². The zero-order valence-electron chi connectivity index (χ0n) is 12.1. The normalized spacial score (nSPS) is 22.7. The molecule has 0 N–H and O–H groups in total. The van der Waals surface area contributed by atoms with Gasteiger partial charge in [-0.15, -0.1) is 0 Å². The van der Waals surface area contributed by atoms with Crippen LogP contribution in [0.1, 0.15) is 23.7 Å². The van der Waals surface area contributed by atoms with Crippen molar-refractivity contribution in [3.8, 4) is 5.75 Å². The van der Waals surface area contributed by atoms with Gasteiger partial charge in [0.1, 0.15) is 5.75 Å². The molecule has 1 saturated heterocycles. The molecule has 1 aliphatic rings. The molecule has 2 unspecified atom stereocenters. The molecule has 4 nitrogen and oxygen atoms in total.